The van der Waals surface area contributed by atoms with Crippen LogP contribution in [0.1, 0.15) is 28.8 Å². The van der Waals surface area contributed by atoms with Crippen molar-refractivity contribution in [1.29, 1.82) is 0 Å². The lowest BCUT2D eigenvalue weighted by Gasteiger charge is -2.36. The summed E-state index contributed by atoms with van der Waals surface area (Å²) in [6.45, 7) is 4.06. The molecule has 2 amide bonds. The SMILES string of the molecule is Cc1cccc(OCC(=O)N2C[C@H]3CC[C@@H]2CN(C(=O)c2ccccc2)C3)c1. The maximum atomic E-state index is 12.9. The lowest BCUT2D eigenvalue weighted by Crippen LogP contribution is -2.49. The standard InChI is InChI=1S/C23H26N2O3/c1-17-6-5-9-21(12-17)28-16-22(26)25-14-18-10-11-20(25)15-24(13-18)23(27)19-7-3-2-4-8-19/h2-9,12,18,20H,10-11,13-16H2,1H3/t18-,20+/m0/s1. The van der Waals surface area contributed by atoms with E-state index >= 15 is 0 Å². The summed E-state index contributed by atoms with van der Waals surface area (Å²) in [4.78, 5) is 29.6. The molecule has 0 spiro atoms. The van der Waals surface area contributed by atoms with Crippen LogP contribution in [-0.2, 0) is 4.79 Å². The van der Waals surface area contributed by atoms with Crippen LogP contribution in [0.3, 0.4) is 0 Å². The number of ether oxygens (including phenoxy) is 1. The Morgan fingerprint density at radius 2 is 1.82 bits per heavy atom. The van der Waals surface area contributed by atoms with Gasteiger partial charge in [-0.25, -0.2) is 0 Å². The molecular formula is C23H26N2O3. The van der Waals surface area contributed by atoms with Gasteiger partial charge in [0.05, 0.1) is 0 Å². The molecule has 0 aliphatic carbocycles. The fraction of sp³-hybridized carbons (Fsp3) is 0.391. The van der Waals surface area contributed by atoms with E-state index in [0.29, 0.717) is 36.9 Å². The van der Waals surface area contributed by atoms with Crippen molar-refractivity contribution in [2.24, 2.45) is 5.92 Å². The second-order valence-corrected chi connectivity index (χ2v) is 7.82. The summed E-state index contributed by atoms with van der Waals surface area (Å²) in [6.07, 6.45) is 2.01. The van der Waals surface area contributed by atoms with Gasteiger partial charge in [-0.2, -0.15) is 0 Å². The Balaban J connectivity index is 1.41. The Bertz CT molecular complexity index is 852. The highest BCUT2D eigenvalue weighted by molar-refractivity contribution is 5.94. The Morgan fingerprint density at radius 1 is 1.00 bits per heavy atom. The molecule has 3 aliphatic rings. The van der Waals surface area contributed by atoms with Crippen molar-refractivity contribution < 1.29 is 14.3 Å². The zero-order valence-electron chi connectivity index (χ0n) is 16.2. The number of nitrogens with zero attached hydrogens (tertiary/aromatic N) is 2. The molecular weight excluding hydrogens is 352 g/mol. The van der Waals surface area contributed by atoms with Crippen molar-refractivity contribution >= 4 is 11.8 Å². The van der Waals surface area contributed by atoms with Crippen molar-refractivity contribution in [3.63, 3.8) is 0 Å². The number of aryl methyl sites for hydroxylation is 1. The second kappa shape index (κ2) is 8.05. The third kappa shape index (κ3) is 4.03. The molecule has 28 heavy (non-hydrogen) atoms. The maximum Gasteiger partial charge on any atom is 0.260 e. The number of piperidine rings is 1. The highest BCUT2D eigenvalue weighted by atomic mass is 16.5. The van der Waals surface area contributed by atoms with E-state index in [0.717, 1.165) is 18.4 Å². The summed E-state index contributed by atoms with van der Waals surface area (Å²) in [6, 6.07) is 17.2. The number of hydrogen-bond acceptors (Lipinski definition) is 3. The number of amides is 2. The van der Waals surface area contributed by atoms with Crippen molar-refractivity contribution in [2.45, 2.75) is 25.8 Å². The van der Waals surface area contributed by atoms with Crippen molar-refractivity contribution in [2.75, 3.05) is 26.2 Å². The first-order valence-electron chi connectivity index (χ1n) is 9.93. The number of carbonyl (C=O) groups excluding carboxylic acids is 2. The van der Waals surface area contributed by atoms with Crippen LogP contribution in [0.2, 0.25) is 0 Å². The fourth-order valence-electron chi connectivity index (χ4n) is 4.25. The molecule has 146 valence electrons. The summed E-state index contributed by atoms with van der Waals surface area (Å²) in [5.41, 5.74) is 1.82. The lowest BCUT2D eigenvalue weighted by molar-refractivity contribution is -0.137. The van der Waals surface area contributed by atoms with Gasteiger partial charge in [0, 0.05) is 31.2 Å². The summed E-state index contributed by atoms with van der Waals surface area (Å²) >= 11 is 0. The Hall–Kier alpha value is -2.82. The minimum absolute atomic E-state index is 0.00483. The number of hydrogen-bond donors (Lipinski definition) is 0. The summed E-state index contributed by atoms with van der Waals surface area (Å²) in [5.74, 6) is 1.11. The van der Waals surface area contributed by atoms with E-state index in [1.54, 1.807) is 0 Å². The van der Waals surface area contributed by atoms with Crippen LogP contribution in [0.5, 0.6) is 5.75 Å². The summed E-state index contributed by atoms with van der Waals surface area (Å²) < 4.78 is 5.72. The van der Waals surface area contributed by atoms with Crippen LogP contribution < -0.4 is 4.74 Å². The zero-order chi connectivity index (χ0) is 19.5. The van der Waals surface area contributed by atoms with Crippen LogP contribution in [0.4, 0.5) is 0 Å². The van der Waals surface area contributed by atoms with Gasteiger partial charge in [0.2, 0.25) is 0 Å². The van der Waals surface area contributed by atoms with Gasteiger partial charge >= 0.3 is 0 Å². The van der Waals surface area contributed by atoms with Crippen LogP contribution in [0.15, 0.2) is 54.6 Å². The Labute approximate surface area is 165 Å². The number of rotatable bonds is 4. The molecule has 0 N–H and O–H groups in total. The normalized spacial score (nSPS) is 21.3. The monoisotopic (exact) mass is 378 g/mol. The minimum atomic E-state index is 0.00483. The highest BCUT2D eigenvalue weighted by Crippen LogP contribution is 2.29. The molecule has 0 saturated carbocycles. The Kier molecular flexibility index (Phi) is 5.33. The molecule has 2 aromatic rings. The number of fused-ring (bicyclic) bond motifs is 4. The molecule has 2 atom stereocenters. The van der Waals surface area contributed by atoms with Crippen LogP contribution in [-0.4, -0.2) is 53.9 Å². The molecule has 3 aliphatic heterocycles. The smallest absolute Gasteiger partial charge is 0.260 e. The lowest BCUT2D eigenvalue weighted by atomic mass is 9.95. The maximum absolute atomic E-state index is 12.9. The first-order chi connectivity index (χ1) is 13.6. The molecule has 2 bridgehead atoms. The molecule has 3 saturated heterocycles. The summed E-state index contributed by atoms with van der Waals surface area (Å²) in [7, 11) is 0. The van der Waals surface area contributed by atoms with Crippen molar-refractivity contribution in [3.05, 3.63) is 65.7 Å². The van der Waals surface area contributed by atoms with Crippen LogP contribution >= 0.6 is 0 Å². The molecule has 3 heterocycles. The van der Waals surface area contributed by atoms with E-state index in [4.69, 9.17) is 4.74 Å². The molecule has 0 radical (unpaired) electrons. The number of carbonyl (C=O) groups is 2. The van der Waals surface area contributed by atoms with Crippen molar-refractivity contribution in [1.82, 2.24) is 9.80 Å². The zero-order valence-corrected chi connectivity index (χ0v) is 16.2. The van der Waals surface area contributed by atoms with E-state index in [1.165, 1.54) is 0 Å². The van der Waals surface area contributed by atoms with Gasteiger partial charge < -0.3 is 14.5 Å². The van der Waals surface area contributed by atoms with Gasteiger partial charge in [-0.1, -0.05) is 30.3 Å². The van der Waals surface area contributed by atoms with Gasteiger partial charge in [-0.15, -0.1) is 0 Å². The first-order valence-corrected chi connectivity index (χ1v) is 9.93. The molecule has 0 unspecified atom stereocenters. The topological polar surface area (TPSA) is 49.9 Å². The van der Waals surface area contributed by atoms with Crippen molar-refractivity contribution in [3.8, 4) is 5.75 Å². The quantitative estimate of drug-likeness (QED) is 0.821. The predicted molar refractivity (Wildman–Crippen MR) is 107 cm³/mol. The van der Waals surface area contributed by atoms with E-state index < -0.39 is 0 Å². The minimum Gasteiger partial charge on any atom is -0.484 e. The predicted octanol–water partition coefficient (Wildman–Crippen LogP) is 3.14. The molecule has 5 nitrogen and oxygen atoms in total. The molecule has 0 aromatic heterocycles. The second-order valence-electron chi connectivity index (χ2n) is 7.82. The third-order valence-corrected chi connectivity index (χ3v) is 5.69. The van der Waals surface area contributed by atoms with Gasteiger partial charge in [-0.3, -0.25) is 9.59 Å². The average Bonchev–Trinajstić information content (AvgIpc) is 3.04. The van der Waals surface area contributed by atoms with Gasteiger partial charge in [0.15, 0.2) is 6.61 Å². The van der Waals surface area contributed by atoms with E-state index in [2.05, 4.69) is 0 Å². The number of benzene rings is 2. The van der Waals surface area contributed by atoms with Gasteiger partial charge in [0.1, 0.15) is 5.75 Å². The molecule has 3 fully saturated rings. The average molecular weight is 378 g/mol. The largest absolute Gasteiger partial charge is 0.484 e. The highest BCUT2D eigenvalue weighted by Gasteiger charge is 2.38. The van der Waals surface area contributed by atoms with E-state index in [-0.39, 0.29) is 24.5 Å². The van der Waals surface area contributed by atoms with Crippen LogP contribution in [0.25, 0.3) is 0 Å². The fourth-order valence-corrected chi connectivity index (χ4v) is 4.25. The Morgan fingerprint density at radius 3 is 2.61 bits per heavy atom. The molecule has 5 rings (SSSR count). The van der Waals surface area contributed by atoms with Gasteiger partial charge in [0.25, 0.3) is 11.8 Å². The van der Waals surface area contributed by atoms with E-state index in [1.807, 2.05) is 71.3 Å². The first kappa shape index (κ1) is 18.5. The third-order valence-electron chi connectivity index (χ3n) is 5.69. The molecule has 2 aromatic carbocycles. The summed E-state index contributed by atoms with van der Waals surface area (Å²) in [5, 5.41) is 0. The van der Waals surface area contributed by atoms with Gasteiger partial charge in [-0.05, 0) is 55.5 Å². The van der Waals surface area contributed by atoms with E-state index in [9.17, 15) is 9.59 Å². The molecule has 5 heteroatoms. The van der Waals surface area contributed by atoms with Crippen LogP contribution in [0, 0.1) is 12.8 Å².